The Kier molecular flexibility index (Phi) is 6.44. The van der Waals surface area contributed by atoms with E-state index in [2.05, 4.69) is 183 Å². The fourth-order valence-corrected chi connectivity index (χ4v) is 9.99. The zero-order valence-corrected chi connectivity index (χ0v) is 29.5. The number of hydrogen-bond acceptors (Lipinski definition) is 1. The summed E-state index contributed by atoms with van der Waals surface area (Å²) in [5.74, 6) is 0. The minimum Gasteiger partial charge on any atom is -0.135 e. The van der Waals surface area contributed by atoms with E-state index in [0.29, 0.717) is 0 Å². The highest BCUT2D eigenvalue weighted by Crippen LogP contribution is 2.59. The standard InChI is InChI=1S/C51H32S/c1-31-23-25-34(26-24-31)47-40-20-11-10-19-39(40)46(33-15-6-3-7-16-33)49-41-22-12-21-38-37(27-28-42(48(38)41)50(47)49)43-29-35-17-8-9-18-36(35)44-30-45(52-51(43)44)32-13-4-2-5-14-32/h2-30H,1H3. The zero-order valence-electron chi connectivity index (χ0n) is 28.7. The average molecular weight is 677 g/mol. The monoisotopic (exact) mass is 676 g/mol. The summed E-state index contributed by atoms with van der Waals surface area (Å²) in [4.78, 5) is 1.30. The van der Waals surface area contributed by atoms with Crippen molar-refractivity contribution in [2.24, 2.45) is 0 Å². The van der Waals surface area contributed by atoms with Crippen LogP contribution in [-0.4, -0.2) is 0 Å². The highest BCUT2D eigenvalue weighted by atomic mass is 32.1. The van der Waals surface area contributed by atoms with E-state index in [1.165, 1.54) is 114 Å². The van der Waals surface area contributed by atoms with Gasteiger partial charge in [0.05, 0.1) is 0 Å². The van der Waals surface area contributed by atoms with Crippen molar-refractivity contribution in [3.8, 4) is 66.1 Å². The molecule has 52 heavy (non-hydrogen) atoms. The molecule has 1 heterocycles. The molecule has 1 aromatic heterocycles. The van der Waals surface area contributed by atoms with Gasteiger partial charge in [-0.3, -0.25) is 0 Å². The smallest absolute Gasteiger partial charge is 0.0434 e. The van der Waals surface area contributed by atoms with E-state index < -0.39 is 0 Å². The average Bonchev–Trinajstić information content (AvgIpc) is 3.80. The number of fused-ring (bicyclic) bond motifs is 7. The molecule has 0 fully saturated rings. The third kappa shape index (κ3) is 4.27. The van der Waals surface area contributed by atoms with E-state index in [9.17, 15) is 0 Å². The number of thiophene rings is 1. The molecule has 1 aliphatic carbocycles. The van der Waals surface area contributed by atoms with Crippen molar-refractivity contribution in [2.75, 3.05) is 0 Å². The SMILES string of the molecule is Cc1ccc(-c2c3c(c(-c4ccccc4)c4ccccc24)-c2cccc4c(-c5cc6ccccc6c6cc(-c7ccccc7)sc56)ccc-3c24)cc1. The first kappa shape index (κ1) is 29.5. The molecule has 0 spiro atoms. The van der Waals surface area contributed by atoms with E-state index in [1.54, 1.807) is 0 Å². The van der Waals surface area contributed by atoms with Gasteiger partial charge in [-0.25, -0.2) is 0 Å². The minimum atomic E-state index is 1.25. The molecule has 1 heteroatoms. The van der Waals surface area contributed by atoms with Gasteiger partial charge in [-0.05, 0) is 107 Å². The van der Waals surface area contributed by atoms with Crippen LogP contribution in [0.15, 0.2) is 176 Å². The second kappa shape index (κ2) is 11.4. The molecule has 0 atom stereocenters. The number of rotatable bonds is 4. The molecule has 1 aliphatic rings. The molecule has 0 amide bonds. The maximum Gasteiger partial charge on any atom is 0.0434 e. The molecule has 242 valence electrons. The first-order chi connectivity index (χ1) is 25.7. The largest absolute Gasteiger partial charge is 0.135 e. The highest BCUT2D eigenvalue weighted by molar-refractivity contribution is 7.23. The zero-order chi connectivity index (χ0) is 34.3. The molecule has 11 rings (SSSR count). The van der Waals surface area contributed by atoms with Crippen LogP contribution in [0.5, 0.6) is 0 Å². The van der Waals surface area contributed by atoms with Crippen molar-refractivity contribution in [3.05, 3.63) is 181 Å². The Morgan fingerprint density at radius 1 is 0.346 bits per heavy atom. The second-order valence-electron chi connectivity index (χ2n) is 14.0. The molecular weight excluding hydrogens is 645 g/mol. The van der Waals surface area contributed by atoms with Gasteiger partial charge in [0.15, 0.2) is 0 Å². The fourth-order valence-electron chi connectivity index (χ4n) is 8.79. The number of benzene rings is 9. The van der Waals surface area contributed by atoms with Crippen LogP contribution in [0.25, 0.3) is 108 Å². The molecule has 0 nitrogen and oxygen atoms in total. The van der Waals surface area contributed by atoms with Gasteiger partial charge in [-0.1, -0.05) is 169 Å². The summed E-state index contributed by atoms with van der Waals surface area (Å²) in [7, 11) is 0. The third-order valence-corrected chi connectivity index (χ3v) is 12.3. The molecular formula is C51H32S. The molecule has 0 saturated heterocycles. The summed E-state index contributed by atoms with van der Waals surface area (Å²) in [5.41, 5.74) is 15.6. The minimum absolute atomic E-state index is 1.25. The van der Waals surface area contributed by atoms with Crippen molar-refractivity contribution < 1.29 is 0 Å². The molecule has 0 bridgehead atoms. The number of aryl methyl sites for hydroxylation is 1. The summed E-state index contributed by atoms with van der Waals surface area (Å²) >= 11 is 1.91. The van der Waals surface area contributed by atoms with Crippen molar-refractivity contribution in [2.45, 2.75) is 6.92 Å². The van der Waals surface area contributed by atoms with Crippen LogP contribution >= 0.6 is 11.3 Å². The van der Waals surface area contributed by atoms with Crippen molar-refractivity contribution in [3.63, 3.8) is 0 Å². The molecule has 0 radical (unpaired) electrons. The van der Waals surface area contributed by atoms with Crippen LogP contribution in [-0.2, 0) is 0 Å². The first-order valence-electron chi connectivity index (χ1n) is 18.0. The molecule has 9 aromatic carbocycles. The highest BCUT2D eigenvalue weighted by Gasteiger charge is 2.31. The number of hydrogen-bond donors (Lipinski definition) is 0. The van der Waals surface area contributed by atoms with Gasteiger partial charge in [0, 0.05) is 20.5 Å². The topological polar surface area (TPSA) is 0 Å². The van der Waals surface area contributed by atoms with Crippen LogP contribution in [0.1, 0.15) is 5.56 Å². The Balaban J connectivity index is 1.26. The van der Waals surface area contributed by atoms with Gasteiger partial charge < -0.3 is 0 Å². The quantitative estimate of drug-likeness (QED) is 0.174. The summed E-state index contributed by atoms with van der Waals surface area (Å²) in [6.07, 6.45) is 0. The van der Waals surface area contributed by atoms with Crippen molar-refractivity contribution in [1.29, 1.82) is 0 Å². The summed E-state index contributed by atoms with van der Waals surface area (Å²) in [6.45, 7) is 2.17. The van der Waals surface area contributed by atoms with E-state index in [1.807, 2.05) is 11.3 Å². The lowest BCUT2D eigenvalue weighted by molar-refractivity contribution is 1.47. The van der Waals surface area contributed by atoms with E-state index in [4.69, 9.17) is 0 Å². The second-order valence-corrected chi connectivity index (χ2v) is 15.1. The van der Waals surface area contributed by atoms with Crippen LogP contribution < -0.4 is 0 Å². The lowest BCUT2D eigenvalue weighted by atomic mass is 9.82. The molecule has 0 aliphatic heterocycles. The Bertz CT molecular complexity index is 3040. The Morgan fingerprint density at radius 2 is 0.904 bits per heavy atom. The molecule has 0 saturated carbocycles. The summed E-state index contributed by atoms with van der Waals surface area (Å²) in [6, 6.07) is 65.4. The van der Waals surface area contributed by atoms with E-state index in [-0.39, 0.29) is 0 Å². The Morgan fingerprint density at radius 3 is 1.62 bits per heavy atom. The molecule has 10 aromatic rings. The first-order valence-corrected chi connectivity index (χ1v) is 18.8. The van der Waals surface area contributed by atoms with Gasteiger partial charge in [0.2, 0.25) is 0 Å². The predicted octanol–water partition coefficient (Wildman–Crippen LogP) is 15.0. The lowest BCUT2D eigenvalue weighted by Gasteiger charge is -2.20. The van der Waals surface area contributed by atoms with Crippen LogP contribution in [0.3, 0.4) is 0 Å². The van der Waals surface area contributed by atoms with Crippen LogP contribution in [0.4, 0.5) is 0 Å². The van der Waals surface area contributed by atoms with Gasteiger partial charge in [0.25, 0.3) is 0 Å². The fraction of sp³-hybridized carbons (Fsp3) is 0.0196. The van der Waals surface area contributed by atoms with Crippen molar-refractivity contribution >= 4 is 53.7 Å². The lowest BCUT2D eigenvalue weighted by Crippen LogP contribution is -1.93. The van der Waals surface area contributed by atoms with Crippen LogP contribution in [0, 0.1) is 6.92 Å². The van der Waals surface area contributed by atoms with Gasteiger partial charge in [-0.2, -0.15) is 0 Å². The van der Waals surface area contributed by atoms with Gasteiger partial charge >= 0.3 is 0 Å². The van der Waals surface area contributed by atoms with Gasteiger partial charge in [-0.15, -0.1) is 11.3 Å². The van der Waals surface area contributed by atoms with Gasteiger partial charge in [0.1, 0.15) is 0 Å². The normalized spacial score (nSPS) is 11.9. The predicted molar refractivity (Wildman–Crippen MR) is 225 cm³/mol. The van der Waals surface area contributed by atoms with E-state index >= 15 is 0 Å². The van der Waals surface area contributed by atoms with Crippen LogP contribution in [0.2, 0.25) is 0 Å². The summed E-state index contributed by atoms with van der Waals surface area (Å²) in [5, 5.41) is 9.12. The maximum atomic E-state index is 2.43. The Hall–Kier alpha value is -6.28. The van der Waals surface area contributed by atoms with E-state index in [0.717, 1.165) is 0 Å². The Labute approximate surface area is 306 Å². The maximum absolute atomic E-state index is 2.43. The molecule has 0 unspecified atom stereocenters. The third-order valence-electron chi connectivity index (χ3n) is 11.1. The molecule has 0 N–H and O–H groups in total. The van der Waals surface area contributed by atoms with Crippen molar-refractivity contribution in [1.82, 2.24) is 0 Å². The summed E-state index contributed by atoms with van der Waals surface area (Å²) < 4.78 is 1.34.